The number of fused-ring (bicyclic) bond motifs is 2. The third kappa shape index (κ3) is 6.67. The zero-order chi connectivity index (χ0) is 28.8. The van der Waals surface area contributed by atoms with Crippen molar-refractivity contribution in [3.63, 3.8) is 0 Å². The van der Waals surface area contributed by atoms with Crippen LogP contribution in [0.15, 0.2) is 78.3 Å². The summed E-state index contributed by atoms with van der Waals surface area (Å²) < 4.78 is 0.933. The number of rotatable bonds is 10. The van der Waals surface area contributed by atoms with Crippen molar-refractivity contribution in [3.05, 3.63) is 95.0 Å². The molecule has 210 valence electrons. The van der Waals surface area contributed by atoms with Gasteiger partial charge < -0.3 is 21.3 Å². The number of carbonyl (C=O) groups is 4. The largest absolute Gasteiger partial charge is 0.342 e. The third-order valence-corrected chi connectivity index (χ3v) is 8.01. The lowest BCUT2D eigenvalue weighted by Gasteiger charge is -2.36. The van der Waals surface area contributed by atoms with Gasteiger partial charge in [-0.15, -0.1) is 11.3 Å². The Morgan fingerprint density at radius 2 is 1.73 bits per heavy atom. The van der Waals surface area contributed by atoms with Crippen molar-refractivity contribution in [2.45, 2.75) is 44.3 Å². The molecule has 1 aromatic heterocycles. The Morgan fingerprint density at radius 3 is 2.51 bits per heavy atom. The number of nitrogens with zero attached hydrogens (tertiary/aromatic N) is 2. The van der Waals surface area contributed by atoms with Crippen LogP contribution in [0.3, 0.4) is 0 Å². The van der Waals surface area contributed by atoms with Gasteiger partial charge in [-0.05, 0) is 42.3 Å². The van der Waals surface area contributed by atoms with Crippen molar-refractivity contribution < 1.29 is 19.2 Å². The van der Waals surface area contributed by atoms with Gasteiger partial charge in [0.2, 0.25) is 17.7 Å². The molecule has 4 aromatic rings. The van der Waals surface area contributed by atoms with Crippen molar-refractivity contribution in [1.29, 1.82) is 0 Å². The number of amides is 3. The fourth-order valence-corrected chi connectivity index (χ4v) is 5.73. The highest BCUT2D eigenvalue weighted by atomic mass is 32.1. The van der Waals surface area contributed by atoms with E-state index in [1.807, 2.05) is 42.5 Å². The molecule has 0 aliphatic carbocycles. The number of nitrogens with one attached hydrogen (secondary N) is 2. The SMILES string of the molecule is NCC[C@H](NC(=O)[C@@H]1Cc2ccccc2CN1C(=O)CCC(=O)c1ccccc1)C(=O)Nc1ccc2ncsc2c1. The molecule has 0 unspecified atom stereocenters. The van der Waals surface area contributed by atoms with Crippen LogP contribution in [0, 0.1) is 0 Å². The highest BCUT2D eigenvalue weighted by molar-refractivity contribution is 7.16. The quantitative estimate of drug-likeness (QED) is 0.250. The van der Waals surface area contributed by atoms with Crippen LogP contribution < -0.4 is 16.4 Å². The monoisotopic (exact) mass is 569 g/mol. The molecule has 0 spiro atoms. The molecule has 41 heavy (non-hydrogen) atoms. The summed E-state index contributed by atoms with van der Waals surface area (Å²) in [5.74, 6) is -1.25. The van der Waals surface area contributed by atoms with Crippen molar-refractivity contribution >= 4 is 50.7 Å². The number of ketones is 1. The summed E-state index contributed by atoms with van der Waals surface area (Å²) >= 11 is 1.47. The molecule has 0 saturated heterocycles. The minimum atomic E-state index is -0.890. The van der Waals surface area contributed by atoms with Gasteiger partial charge in [0.05, 0.1) is 15.7 Å². The topological polar surface area (TPSA) is 134 Å². The van der Waals surface area contributed by atoms with E-state index in [2.05, 4.69) is 15.6 Å². The van der Waals surface area contributed by atoms with Gasteiger partial charge in [0, 0.05) is 37.1 Å². The molecule has 3 amide bonds. The van der Waals surface area contributed by atoms with Crippen molar-refractivity contribution in [2.75, 3.05) is 11.9 Å². The predicted molar refractivity (Wildman–Crippen MR) is 158 cm³/mol. The smallest absolute Gasteiger partial charge is 0.247 e. The third-order valence-electron chi connectivity index (χ3n) is 7.22. The number of aromatic nitrogens is 1. The van der Waals surface area contributed by atoms with Crippen molar-refractivity contribution in [3.8, 4) is 0 Å². The zero-order valence-electron chi connectivity index (χ0n) is 22.4. The number of hydrogen-bond donors (Lipinski definition) is 3. The molecule has 3 aromatic carbocycles. The number of benzene rings is 3. The van der Waals surface area contributed by atoms with Gasteiger partial charge in [-0.2, -0.15) is 0 Å². The Labute approximate surface area is 241 Å². The Kier molecular flexibility index (Phi) is 8.81. The van der Waals surface area contributed by atoms with E-state index in [4.69, 9.17) is 5.73 Å². The molecular weight excluding hydrogens is 538 g/mol. The standard InChI is InChI=1S/C31H31N5O4S/c32-15-14-25(30(39)34-23-10-11-24-28(17-23)41-19-33-24)35-31(40)26-16-21-8-4-5-9-22(21)18-36(26)29(38)13-12-27(37)20-6-2-1-3-7-20/h1-11,17,19,25-26H,12-16,18,32H2,(H,34,39)(H,35,40)/t25-,26-/m0/s1. The minimum absolute atomic E-state index is 0.0214. The fourth-order valence-electron chi connectivity index (χ4n) is 5.02. The molecule has 9 nitrogen and oxygen atoms in total. The molecule has 10 heteroatoms. The van der Waals surface area contributed by atoms with E-state index < -0.39 is 23.9 Å². The average molecular weight is 570 g/mol. The Hall–Kier alpha value is -4.41. The number of nitrogens with two attached hydrogens (primary N) is 1. The number of Topliss-reactive ketones (excluding diaryl/α,β-unsaturated/α-hetero) is 1. The Bertz CT molecular complexity index is 1570. The molecule has 0 fully saturated rings. The van der Waals surface area contributed by atoms with Gasteiger partial charge in [0.15, 0.2) is 5.78 Å². The summed E-state index contributed by atoms with van der Waals surface area (Å²) in [5, 5.41) is 5.71. The lowest BCUT2D eigenvalue weighted by molar-refractivity contribution is -0.142. The summed E-state index contributed by atoms with van der Waals surface area (Å²) in [5.41, 5.74) is 11.4. The van der Waals surface area contributed by atoms with E-state index in [-0.39, 0.29) is 44.0 Å². The maximum Gasteiger partial charge on any atom is 0.247 e. The molecular formula is C31H31N5O4S. The molecule has 0 bridgehead atoms. The number of anilines is 1. The van der Waals surface area contributed by atoms with Crippen LogP contribution in [0.25, 0.3) is 10.2 Å². The van der Waals surface area contributed by atoms with Gasteiger partial charge in [0.1, 0.15) is 12.1 Å². The molecule has 1 aliphatic rings. The predicted octanol–water partition coefficient (Wildman–Crippen LogP) is 3.69. The molecule has 0 saturated carbocycles. The van der Waals surface area contributed by atoms with Gasteiger partial charge in [-0.1, -0.05) is 54.6 Å². The normalized spacial score (nSPS) is 15.1. The summed E-state index contributed by atoms with van der Waals surface area (Å²) in [6.45, 7) is 0.430. The number of carbonyl (C=O) groups excluding carboxylic acids is 4. The molecule has 2 heterocycles. The average Bonchev–Trinajstić information content (AvgIpc) is 3.47. The van der Waals surface area contributed by atoms with Crippen LogP contribution in [0.5, 0.6) is 0 Å². The number of hydrogen-bond acceptors (Lipinski definition) is 7. The summed E-state index contributed by atoms with van der Waals surface area (Å²) in [4.78, 5) is 58.7. The van der Waals surface area contributed by atoms with Crippen molar-refractivity contribution in [1.82, 2.24) is 15.2 Å². The first-order chi connectivity index (χ1) is 19.9. The van der Waals surface area contributed by atoms with E-state index in [0.717, 1.165) is 21.3 Å². The summed E-state index contributed by atoms with van der Waals surface area (Å²) in [6.07, 6.45) is 0.548. The van der Waals surface area contributed by atoms with E-state index in [1.165, 1.54) is 16.2 Å². The van der Waals surface area contributed by atoms with E-state index in [9.17, 15) is 19.2 Å². The second kappa shape index (κ2) is 12.8. The summed E-state index contributed by atoms with van der Waals surface area (Å²) in [6, 6.07) is 20.2. The maximum absolute atomic E-state index is 13.7. The second-order valence-corrected chi connectivity index (χ2v) is 10.8. The first-order valence-corrected chi connectivity index (χ1v) is 14.4. The first kappa shape index (κ1) is 28.1. The lowest BCUT2D eigenvalue weighted by Crippen LogP contribution is -2.56. The Balaban J connectivity index is 1.30. The first-order valence-electron chi connectivity index (χ1n) is 13.5. The highest BCUT2D eigenvalue weighted by Crippen LogP contribution is 2.25. The molecule has 0 radical (unpaired) electrons. The van der Waals surface area contributed by atoms with E-state index in [1.54, 1.807) is 35.8 Å². The van der Waals surface area contributed by atoms with Crippen LogP contribution in [0.1, 0.15) is 40.7 Å². The van der Waals surface area contributed by atoms with Gasteiger partial charge in [0.25, 0.3) is 0 Å². The van der Waals surface area contributed by atoms with E-state index >= 15 is 0 Å². The molecule has 4 N–H and O–H groups in total. The second-order valence-electron chi connectivity index (χ2n) is 9.96. The highest BCUT2D eigenvalue weighted by Gasteiger charge is 2.36. The van der Waals surface area contributed by atoms with E-state index in [0.29, 0.717) is 17.7 Å². The van der Waals surface area contributed by atoms with Gasteiger partial charge >= 0.3 is 0 Å². The maximum atomic E-state index is 13.7. The molecule has 1 aliphatic heterocycles. The van der Waals surface area contributed by atoms with Crippen LogP contribution >= 0.6 is 11.3 Å². The Morgan fingerprint density at radius 1 is 0.976 bits per heavy atom. The molecule has 5 rings (SSSR count). The van der Waals surface area contributed by atoms with Crippen LogP contribution in [-0.2, 0) is 27.3 Å². The van der Waals surface area contributed by atoms with Crippen LogP contribution in [0.2, 0.25) is 0 Å². The van der Waals surface area contributed by atoms with Gasteiger partial charge in [-0.3, -0.25) is 19.2 Å². The fraction of sp³-hybridized carbons (Fsp3) is 0.258. The zero-order valence-corrected chi connectivity index (χ0v) is 23.2. The lowest BCUT2D eigenvalue weighted by atomic mass is 9.92. The van der Waals surface area contributed by atoms with Crippen LogP contribution in [-0.4, -0.2) is 52.0 Å². The van der Waals surface area contributed by atoms with Crippen LogP contribution in [0.4, 0.5) is 5.69 Å². The van der Waals surface area contributed by atoms with Crippen molar-refractivity contribution in [2.24, 2.45) is 5.73 Å². The molecule has 2 atom stereocenters. The van der Waals surface area contributed by atoms with Gasteiger partial charge in [-0.25, -0.2) is 4.98 Å². The number of thiazole rings is 1. The summed E-state index contributed by atoms with van der Waals surface area (Å²) in [7, 11) is 0. The minimum Gasteiger partial charge on any atom is -0.342 e.